The maximum absolute atomic E-state index is 10.9. The SMILES string of the molecule is O=C(O)CC[C@@H](C(=O)O)N(CC(=O)O)CC(=O)O.[NaH].[NaH].[NaH].[NaH].[NaH].[NaH].[NaH].[NaH]. The van der Waals surface area contributed by atoms with E-state index >= 15 is 0 Å². The number of hydrogen-bond acceptors (Lipinski definition) is 5. The molecule has 0 amide bonds. The van der Waals surface area contributed by atoms with Crippen LogP contribution >= 0.6 is 0 Å². The van der Waals surface area contributed by atoms with Gasteiger partial charge in [-0.1, -0.05) is 0 Å². The van der Waals surface area contributed by atoms with Crippen LogP contribution in [0.3, 0.4) is 0 Å². The van der Waals surface area contributed by atoms with Crippen molar-refractivity contribution < 1.29 is 39.6 Å². The van der Waals surface area contributed by atoms with E-state index in [4.69, 9.17) is 20.4 Å². The Morgan fingerprint density at radius 1 is 0.615 bits per heavy atom. The maximum atomic E-state index is 10.9. The fourth-order valence-corrected chi connectivity index (χ4v) is 1.35. The van der Waals surface area contributed by atoms with Gasteiger partial charge in [-0.3, -0.25) is 24.1 Å². The molecule has 0 aromatic rings. The van der Waals surface area contributed by atoms with Crippen molar-refractivity contribution in [3.8, 4) is 0 Å². The molecule has 0 fully saturated rings. The molecule has 0 bridgehead atoms. The second-order valence-electron chi connectivity index (χ2n) is 3.48. The Hall–Kier alpha value is 5.84. The van der Waals surface area contributed by atoms with Crippen LogP contribution in [0.15, 0.2) is 0 Å². The van der Waals surface area contributed by atoms with Gasteiger partial charge in [0, 0.05) is 6.42 Å². The third-order valence-corrected chi connectivity index (χ3v) is 2.03. The van der Waals surface area contributed by atoms with Crippen molar-refractivity contribution in [3.63, 3.8) is 0 Å². The van der Waals surface area contributed by atoms with Crippen LogP contribution in [0.1, 0.15) is 12.8 Å². The number of nitrogens with zero attached hydrogens (tertiary/aromatic N) is 1. The molecule has 118 valence electrons. The summed E-state index contributed by atoms with van der Waals surface area (Å²) in [6.07, 6.45) is -0.863. The van der Waals surface area contributed by atoms with Gasteiger partial charge in [0.25, 0.3) is 0 Å². The van der Waals surface area contributed by atoms with E-state index in [1.165, 1.54) is 0 Å². The van der Waals surface area contributed by atoms with Gasteiger partial charge in [-0.2, -0.15) is 0 Å². The van der Waals surface area contributed by atoms with Gasteiger partial charge in [-0.25, -0.2) is 0 Å². The van der Waals surface area contributed by atoms with Crippen molar-refractivity contribution >= 4 is 260 Å². The second-order valence-corrected chi connectivity index (χ2v) is 3.48. The number of carboxylic acid groups (broad SMARTS) is 4. The number of carbonyl (C=O) groups is 4. The Labute approximate surface area is 329 Å². The van der Waals surface area contributed by atoms with Gasteiger partial charge < -0.3 is 20.4 Å². The molecule has 0 unspecified atom stereocenters. The van der Waals surface area contributed by atoms with Crippen LogP contribution in [0.5, 0.6) is 0 Å². The summed E-state index contributed by atoms with van der Waals surface area (Å²) < 4.78 is 0. The third kappa shape index (κ3) is 34.5. The molecule has 0 aliphatic rings. The minimum atomic E-state index is -1.46. The molecule has 0 saturated carbocycles. The van der Waals surface area contributed by atoms with E-state index in [2.05, 4.69) is 0 Å². The molecule has 4 N–H and O–H groups in total. The average Bonchev–Trinajstić information content (AvgIpc) is 2.14. The third-order valence-electron chi connectivity index (χ3n) is 2.03. The van der Waals surface area contributed by atoms with Crippen LogP contribution in [0.2, 0.25) is 0 Å². The minimum absolute atomic E-state index is 0. The van der Waals surface area contributed by atoms with Crippen LogP contribution in [0.25, 0.3) is 0 Å². The van der Waals surface area contributed by atoms with Crippen molar-refractivity contribution in [2.75, 3.05) is 13.1 Å². The zero-order valence-corrected chi connectivity index (χ0v) is 9.27. The number of hydrogen-bond donors (Lipinski definition) is 4. The van der Waals surface area contributed by atoms with Crippen molar-refractivity contribution in [1.82, 2.24) is 4.90 Å². The Morgan fingerprint density at radius 3 is 1.12 bits per heavy atom. The summed E-state index contributed by atoms with van der Waals surface area (Å²) in [5.74, 6) is -5.48. The monoisotopic (exact) mass is 455 g/mol. The fraction of sp³-hybridized carbons (Fsp3) is 0.556. The first kappa shape index (κ1) is 58.1. The molecule has 0 aliphatic heterocycles. The van der Waals surface area contributed by atoms with E-state index in [-0.39, 0.29) is 243 Å². The van der Waals surface area contributed by atoms with Crippen molar-refractivity contribution in [2.24, 2.45) is 0 Å². The van der Waals surface area contributed by atoms with Crippen LogP contribution < -0.4 is 0 Å². The van der Waals surface area contributed by atoms with E-state index in [1.54, 1.807) is 0 Å². The van der Waals surface area contributed by atoms with Crippen LogP contribution in [-0.2, 0) is 19.2 Å². The predicted molar refractivity (Wildman–Crippen MR) is 112 cm³/mol. The summed E-state index contributed by atoms with van der Waals surface area (Å²) in [4.78, 5) is 43.0. The van der Waals surface area contributed by atoms with E-state index < -0.39 is 49.4 Å². The first-order chi connectivity index (χ1) is 8.23. The van der Waals surface area contributed by atoms with Crippen LogP contribution in [-0.4, -0.2) is 305 Å². The molecular weight excluding hydrogens is 434 g/mol. The first-order valence-corrected chi connectivity index (χ1v) is 4.86. The number of aliphatic carboxylic acids is 4. The Kier molecular flexibility index (Phi) is 79.1. The molecule has 9 nitrogen and oxygen atoms in total. The van der Waals surface area contributed by atoms with E-state index in [9.17, 15) is 19.2 Å². The predicted octanol–water partition coefficient (Wildman–Crippen LogP) is -6.41. The van der Waals surface area contributed by atoms with Crippen LogP contribution in [0, 0.1) is 0 Å². The standard InChI is InChI=1S/C9H13NO8.8Na.8H/c11-6(12)2-1-5(9(17)18)10(3-7(13)14)4-8(15)16;;;;;;;;;;;;;;;;/h5H,1-4H2,(H,11,12)(H,13,14)(H,15,16)(H,17,18);;;;;;;;;;;;;;;;/t5-;;;;;;;;;;;;;;;;/m0................/s1. The van der Waals surface area contributed by atoms with Gasteiger partial charge in [-0.15, -0.1) is 0 Å². The topological polar surface area (TPSA) is 152 Å². The van der Waals surface area contributed by atoms with E-state index in [1.807, 2.05) is 0 Å². The quantitative estimate of drug-likeness (QED) is 0.249. The molecule has 0 saturated heterocycles. The Balaban J connectivity index is -0.0000000516. The first-order valence-electron chi connectivity index (χ1n) is 4.86. The van der Waals surface area contributed by atoms with Gasteiger partial charge in [-0.05, 0) is 6.42 Å². The van der Waals surface area contributed by atoms with Crippen LogP contribution in [0.4, 0.5) is 0 Å². The average molecular weight is 455 g/mol. The van der Waals surface area contributed by atoms with Crippen molar-refractivity contribution in [2.45, 2.75) is 18.9 Å². The van der Waals surface area contributed by atoms with Gasteiger partial charge in [0.05, 0.1) is 13.1 Å². The number of rotatable bonds is 9. The van der Waals surface area contributed by atoms with Gasteiger partial charge in [0.15, 0.2) is 0 Å². The molecule has 1 atom stereocenters. The molecule has 0 aromatic carbocycles. The zero-order valence-electron chi connectivity index (χ0n) is 9.27. The summed E-state index contributed by atoms with van der Waals surface area (Å²) in [7, 11) is 0. The summed E-state index contributed by atoms with van der Waals surface area (Å²) in [6.45, 7) is -1.58. The normalized spacial score (nSPS) is 8.35. The Morgan fingerprint density at radius 2 is 0.923 bits per heavy atom. The molecule has 0 aromatic heterocycles. The molecule has 0 spiro atoms. The Bertz CT molecular complexity index is 360. The molecule has 0 heterocycles. The number of carboxylic acids is 4. The van der Waals surface area contributed by atoms with E-state index in [0.29, 0.717) is 4.90 Å². The summed E-state index contributed by atoms with van der Waals surface area (Å²) in [6, 6.07) is -1.46. The molecule has 0 rings (SSSR count). The molecular formula is C9H21NNa8O8. The second kappa shape index (κ2) is 35.4. The molecule has 17 heteroatoms. The summed E-state index contributed by atoms with van der Waals surface area (Å²) in [5.41, 5.74) is 0. The van der Waals surface area contributed by atoms with Crippen molar-refractivity contribution in [1.29, 1.82) is 0 Å². The van der Waals surface area contributed by atoms with Gasteiger partial charge >= 0.3 is 260 Å². The molecule has 0 aliphatic carbocycles. The van der Waals surface area contributed by atoms with Crippen molar-refractivity contribution in [3.05, 3.63) is 0 Å². The van der Waals surface area contributed by atoms with Gasteiger partial charge in [0.1, 0.15) is 6.04 Å². The zero-order chi connectivity index (χ0) is 14.3. The summed E-state index contributed by atoms with van der Waals surface area (Å²) >= 11 is 0. The molecule has 26 heavy (non-hydrogen) atoms. The summed E-state index contributed by atoms with van der Waals surface area (Å²) in [5, 5.41) is 34.4. The van der Waals surface area contributed by atoms with Gasteiger partial charge in [0.2, 0.25) is 0 Å². The fourth-order valence-electron chi connectivity index (χ4n) is 1.35. The molecule has 0 radical (unpaired) electrons. The van der Waals surface area contributed by atoms with E-state index in [0.717, 1.165) is 0 Å².